The van der Waals surface area contributed by atoms with E-state index in [1.165, 1.54) is 25.6 Å². The van der Waals surface area contributed by atoms with Crippen LogP contribution in [0, 0.1) is 11.3 Å². The summed E-state index contributed by atoms with van der Waals surface area (Å²) in [6.45, 7) is 11.8. The molecule has 1 aliphatic rings. The topological polar surface area (TPSA) is 32.3 Å². The summed E-state index contributed by atoms with van der Waals surface area (Å²) in [5.74, 6) is 0.778. The second-order valence-electron chi connectivity index (χ2n) is 6.64. The van der Waals surface area contributed by atoms with Gasteiger partial charge in [-0.25, -0.2) is 0 Å². The van der Waals surface area contributed by atoms with E-state index >= 15 is 0 Å². The predicted molar refractivity (Wildman–Crippen MR) is 79.0 cm³/mol. The summed E-state index contributed by atoms with van der Waals surface area (Å²) in [4.78, 5) is 13.5. The molecule has 3 nitrogen and oxygen atoms in total. The molecule has 1 saturated heterocycles. The van der Waals surface area contributed by atoms with Crippen LogP contribution in [0.15, 0.2) is 24.3 Å². The number of rotatable bonds is 3. The molecule has 0 radical (unpaired) electrons. The van der Waals surface area contributed by atoms with E-state index in [9.17, 15) is 4.79 Å². The SMILES string of the molecule is CC(=O)Nc1cccc(CN2CC(C(C)(C)C)C2)c1. The molecule has 104 valence electrons. The van der Waals surface area contributed by atoms with Crippen LogP contribution in [0.3, 0.4) is 0 Å². The Morgan fingerprint density at radius 1 is 1.37 bits per heavy atom. The van der Waals surface area contributed by atoms with Crippen LogP contribution in [0.2, 0.25) is 0 Å². The number of carbonyl (C=O) groups excluding carboxylic acids is 1. The van der Waals surface area contributed by atoms with Crippen LogP contribution >= 0.6 is 0 Å². The standard InChI is InChI=1S/C16H24N2O/c1-12(19)17-15-7-5-6-13(8-15)9-18-10-14(11-18)16(2,3)4/h5-8,14H,9-11H2,1-4H3,(H,17,19). The van der Waals surface area contributed by atoms with Gasteiger partial charge in [0.05, 0.1) is 0 Å². The molecule has 0 aromatic heterocycles. The van der Waals surface area contributed by atoms with Crippen LogP contribution < -0.4 is 5.32 Å². The van der Waals surface area contributed by atoms with E-state index in [1.54, 1.807) is 0 Å². The monoisotopic (exact) mass is 260 g/mol. The number of amides is 1. The molecule has 0 bridgehead atoms. The van der Waals surface area contributed by atoms with Gasteiger partial charge in [-0.3, -0.25) is 9.69 Å². The van der Waals surface area contributed by atoms with Crippen LogP contribution in [0.1, 0.15) is 33.3 Å². The van der Waals surface area contributed by atoms with E-state index < -0.39 is 0 Å². The Labute approximate surface area is 116 Å². The Morgan fingerprint density at radius 2 is 2.05 bits per heavy atom. The highest BCUT2D eigenvalue weighted by molar-refractivity contribution is 5.88. The number of nitrogens with one attached hydrogen (secondary N) is 1. The lowest BCUT2D eigenvalue weighted by Gasteiger charge is -2.46. The second kappa shape index (κ2) is 5.33. The highest BCUT2D eigenvalue weighted by Crippen LogP contribution is 2.34. The number of likely N-dealkylation sites (tertiary alicyclic amines) is 1. The maximum Gasteiger partial charge on any atom is 0.221 e. The molecule has 0 aliphatic carbocycles. The first kappa shape index (κ1) is 14.1. The highest BCUT2D eigenvalue weighted by atomic mass is 16.1. The maximum absolute atomic E-state index is 11.0. The molecule has 3 heteroatoms. The number of hydrogen-bond acceptors (Lipinski definition) is 2. The minimum atomic E-state index is -0.0195. The number of nitrogens with zero attached hydrogens (tertiary/aromatic N) is 1. The molecule has 0 unspecified atom stereocenters. The number of hydrogen-bond donors (Lipinski definition) is 1. The molecule has 1 amide bonds. The summed E-state index contributed by atoms with van der Waals surface area (Å²) in [6.07, 6.45) is 0. The largest absolute Gasteiger partial charge is 0.326 e. The fraction of sp³-hybridized carbons (Fsp3) is 0.562. The third-order valence-electron chi connectivity index (χ3n) is 3.84. The molecular weight excluding hydrogens is 236 g/mol. The van der Waals surface area contributed by atoms with Gasteiger partial charge in [0.25, 0.3) is 0 Å². The molecule has 1 aromatic carbocycles. The first-order valence-corrected chi connectivity index (χ1v) is 6.93. The smallest absolute Gasteiger partial charge is 0.221 e. The van der Waals surface area contributed by atoms with E-state index in [0.717, 1.165) is 18.2 Å². The second-order valence-corrected chi connectivity index (χ2v) is 6.64. The Morgan fingerprint density at radius 3 is 2.63 bits per heavy atom. The summed E-state index contributed by atoms with van der Waals surface area (Å²) in [7, 11) is 0. The van der Waals surface area contributed by atoms with Crippen LogP contribution in [0.4, 0.5) is 5.69 Å². The van der Waals surface area contributed by atoms with Crippen molar-refractivity contribution in [3.05, 3.63) is 29.8 Å². The van der Waals surface area contributed by atoms with Crippen molar-refractivity contribution in [1.82, 2.24) is 4.90 Å². The van der Waals surface area contributed by atoms with Crippen molar-refractivity contribution >= 4 is 11.6 Å². The lowest BCUT2D eigenvalue weighted by atomic mass is 9.76. The van der Waals surface area contributed by atoms with Gasteiger partial charge in [0.15, 0.2) is 0 Å². The molecule has 1 fully saturated rings. The molecule has 1 N–H and O–H groups in total. The molecule has 1 aromatic rings. The van der Waals surface area contributed by atoms with Crippen molar-refractivity contribution in [1.29, 1.82) is 0 Å². The molecule has 1 heterocycles. The van der Waals surface area contributed by atoms with Crippen LogP contribution in [0.5, 0.6) is 0 Å². The summed E-state index contributed by atoms with van der Waals surface area (Å²) >= 11 is 0. The average molecular weight is 260 g/mol. The van der Waals surface area contributed by atoms with Crippen molar-refractivity contribution < 1.29 is 4.79 Å². The fourth-order valence-electron chi connectivity index (χ4n) is 2.46. The molecule has 2 rings (SSSR count). The zero-order valence-corrected chi connectivity index (χ0v) is 12.4. The molecule has 1 aliphatic heterocycles. The summed E-state index contributed by atoms with van der Waals surface area (Å²) in [5, 5.41) is 2.83. The minimum absolute atomic E-state index is 0.0195. The van der Waals surface area contributed by atoms with Crippen molar-refractivity contribution in [3.8, 4) is 0 Å². The van der Waals surface area contributed by atoms with Gasteiger partial charge in [-0.05, 0) is 29.0 Å². The Bertz CT molecular complexity index is 456. The van der Waals surface area contributed by atoms with Crippen molar-refractivity contribution in [2.75, 3.05) is 18.4 Å². The zero-order chi connectivity index (χ0) is 14.0. The third kappa shape index (κ3) is 3.80. The lowest BCUT2D eigenvalue weighted by Crippen LogP contribution is -2.51. The molecule has 0 atom stereocenters. The van der Waals surface area contributed by atoms with Gasteiger partial charge in [0, 0.05) is 32.2 Å². The minimum Gasteiger partial charge on any atom is -0.326 e. The quantitative estimate of drug-likeness (QED) is 0.905. The van der Waals surface area contributed by atoms with Gasteiger partial charge in [0.2, 0.25) is 5.91 Å². The van der Waals surface area contributed by atoms with E-state index in [0.29, 0.717) is 5.41 Å². The molecule has 0 saturated carbocycles. The number of benzene rings is 1. The number of carbonyl (C=O) groups is 1. The third-order valence-corrected chi connectivity index (χ3v) is 3.84. The molecule has 19 heavy (non-hydrogen) atoms. The Hall–Kier alpha value is -1.35. The van der Waals surface area contributed by atoms with Gasteiger partial charge in [0.1, 0.15) is 0 Å². The van der Waals surface area contributed by atoms with Crippen molar-refractivity contribution in [2.24, 2.45) is 11.3 Å². The summed E-state index contributed by atoms with van der Waals surface area (Å²) in [5.41, 5.74) is 2.56. The fourth-order valence-corrected chi connectivity index (χ4v) is 2.46. The van der Waals surface area contributed by atoms with Crippen molar-refractivity contribution in [2.45, 2.75) is 34.2 Å². The molecular formula is C16H24N2O. The van der Waals surface area contributed by atoms with E-state index in [2.05, 4.69) is 43.1 Å². The first-order chi connectivity index (χ1) is 8.84. The van der Waals surface area contributed by atoms with Gasteiger partial charge in [-0.1, -0.05) is 32.9 Å². The zero-order valence-electron chi connectivity index (χ0n) is 12.4. The predicted octanol–water partition coefficient (Wildman–Crippen LogP) is 3.12. The highest BCUT2D eigenvalue weighted by Gasteiger charge is 2.35. The van der Waals surface area contributed by atoms with E-state index in [1.807, 2.05) is 12.1 Å². The van der Waals surface area contributed by atoms with Crippen LogP contribution in [-0.4, -0.2) is 23.9 Å². The van der Waals surface area contributed by atoms with Gasteiger partial charge >= 0.3 is 0 Å². The van der Waals surface area contributed by atoms with Gasteiger partial charge in [-0.2, -0.15) is 0 Å². The normalized spacial score (nSPS) is 17.1. The summed E-state index contributed by atoms with van der Waals surface area (Å²) in [6, 6.07) is 8.11. The summed E-state index contributed by atoms with van der Waals surface area (Å²) < 4.78 is 0. The maximum atomic E-state index is 11.0. The average Bonchev–Trinajstić information content (AvgIpc) is 2.20. The van der Waals surface area contributed by atoms with Crippen LogP contribution in [-0.2, 0) is 11.3 Å². The van der Waals surface area contributed by atoms with Crippen LogP contribution in [0.25, 0.3) is 0 Å². The molecule has 0 spiro atoms. The lowest BCUT2D eigenvalue weighted by molar-refractivity contribution is -0.114. The van der Waals surface area contributed by atoms with Crippen molar-refractivity contribution in [3.63, 3.8) is 0 Å². The van der Waals surface area contributed by atoms with Gasteiger partial charge in [-0.15, -0.1) is 0 Å². The van der Waals surface area contributed by atoms with Gasteiger partial charge < -0.3 is 5.32 Å². The number of anilines is 1. The Kier molecular flexibility index (Phi) is 3.95. The van der Waals surface area contributed by atoms with E-state index in [4.69, 9.17) is 0 Å². The van der Waals surface area contributed by atoms with E-state index in [-0.39, 0.29) is 5.91 Å². The Balaban J connectivity index is 1.89. The first-order valence-electron chi connectivity index (χ1n) is 6.93.